The second-order valence-electron chi connectivity index (χ2n) is 5.95. The molecule has 3 aromatic heterocycles. The van der Waals surface area contributed by atoms with E-state index in [1.54, 1.807) is 4.68 Å². The Balaban J connectivity index is 1.81. The first-order valence-corrected chi connectivity index (χ1v) is 7.80. The van der Waals surface area contributed by atoms with E-state index in [0.29, 0.717) is 29.2 Å². The Labute approximate surface area is 143 Å². The first-order valence-electron chi connectivity index (χ1n) is 7.80. The van der Waals surface area contributed by atoms with Gasteiger partial charge in [0.05, 0.1) is 6.54 Å². The highest BCUT2D eigenvalue weighted by Gasteiger charge is 2.17. The standard InChI is InChI=1S/C17H17N7O/c1-9-7-11(4-5-12(9)18)8-24-16-15(22-23-24)14(20-17(19)21-16)13-6-3-10(2)25-13/h3-7H,8,18H2,1-2H3,(H2,19,20,21). The molecule has 0 fully saturated rings. The Bertz CT molecular complexity index is 1080. The molecule has 0 aliphatic carbocycles. The van der Waals surface area contributed by atoms with Crippen molar-refractivity contribution in [3.05, 3.63) is 47.2 Å². The second-order valence-corrected chi connectivity index (χ2v) is 5.95. The topological polar surface area (TPSA) is 122 Å². The lowest BCUT2D eigenvalue weighted by Crippen LogP contribution is -2.05. The maximum absolute atomic E-state index is 5.88. The smallest absolute Gasteiger partial charge is 0.222 e. The van der Waals surface area contributed by atoms with Crippen LogP contribution in [-0.2, 0) is 6.54 Å². The molecule has 8 nitrogen and oxygen atoms in total. The number of benzene rings is 1. The van der Waals surface area contributed by atoms with Gasteiger partial charge in [-0.2, -0.15) is 4.98 Å². The molecule has 0 saturated heterocycles. The van der Waals surface area contributed by atoms with Crippen LogP contribution >= 0.6 is 0 Å². The van der Waals surface area contributed by atoms with Gasteiger partial charge in [0, 0.05) is 5.69 Å². The third-order valence-electron chi connectivity index (χ3n) is 4.02. The zero-order chi connectivity index (χ0) is 17.6. The monoisotopic (exact) mass is 335 g/mol. The SMILES string of the molecule is Cc1ccc(-c2nc(N)nc3c2nnn3Cc2ccc(N)c(C)c2)o1. The predicted molar refractivity (Wildman–Crippen MR) is 94.7 cm³/mol. The predicted octanol–water partition coefficient (Wildman–Crippen LogP) is 2.31. The number of aryl methyl sites for hydroxylation is 2. The summed E-state index contributed by atoms with van der Waals surface area (Å²) in [6, 6.07) is 9.55. The van der Waals surface area contributed by atoms with Crippen LogP contribution in [0.2, 0.25) is 0 Å². The molecule has 0 atom stereocenters. The third kappa shape index (κ3) is 2.67. The molecule has 3 heterocycles. The number of aromatic nitrogens is 5. The zero-order valence-electron chi connectivity index (χ0n) is 13.9. The van der Waals surface area contributed by atoms with Crippen molar-refractivity contribution in [3.8, 4) is 11.5 Å². The van der Waals surface area contributed by atoms with E-state index in [1.807, 2.05) is 44.2 Å². The molecule has 0 unspecified atom stereocenters. The molecule has 0 spiro atoms. The molecular weight excluding hydrogens is 318 g/mol. The lowest BCUT2D eigenvalue weighted by Gasteiger charge is -2.06. The van der Waals surface area contributed by atoms with Gasteiger partial charge in [0.1, 0.15) is 11.5 Å². The van der Waals surface area contributed by atoms with Crippen LogP contribution < -0.4 is 11.5 Å². The van der Waals surface area contributed by atoms with Crippen LogP contribution in [0.4, 0.5) is 11.6 Å². The van der Waals surface area contributed by atoms with E-state index in [-0.39, 0.29) is 5.95 Å². The fraction of sp³-hybridized carbons (Fsp3) is 0.176. The molecule has 1 aromatic carbocycles. The Morgan fingerprint density at radius 2 is 1.92 bits per heavy atom. The number of nitrogens with zero attached hydrogens (tertiary/aromatic N) is 5. The summed E-state index contributed by atoms with van der Waals surface area (Å²) in [5, 5.41) is 8.44. The van der Waals surface area contributed by atoms with Crippen LogP contribution in [0.1, 0.15) is 16.9 Å². The summed E-state index contributed by atoms with van der Waals surface area (Å²) >= 11 is 0. The molecule has 126 valence electrons. The van der Waals surface area contributed by atoms with E-state index >= 15 is 0 Å². The van der Waals surface area contributed by atoms with Gasteiger partial charge in [0.15, 0.2) is 16.9 Å². The minimum Gasteiger partial charge on any atom is -0.460 e. The lowest BCUT2D eigenvalue weighted by atomic mass is 10.1. The minimum absolute atomic E-state index is 0.147. The van der Waals surface area contributed by atoms with Gasteiger partial charge in [-0.05, 0) is 43.2 Å². The first-order chi connectivity index (χ1) is 12.0. The van der Waals surface area contributed by atoms with Crippen LogP contribution in [0.25, 0.3) is 22.6 Å². The number of nitrogen functional groups attached to an aromatic ring is 2. The molecule has 4 rings (SSSR count). The van der Waals surface area contributed by atoms with E-state index in [2.05, 4.69) is 20.3 Å². The largest absolute Gasteiger partial charge is 0.460 e. The number of furan rings is 1. The molecule has 0 aliphatic heterocycles. The van der Waals surface area contributed by atoms with Crippen LogP contribution in [0, 0.1) is 13.8 Å². The van der Waals surface area contributed by atoms with Gasteiger partial charge in [-0.15, -0.1) is 5.10 Å². The van der Waals surface area contributed by atoms with E-state index in [1.165, 1.54) is 0 Å². The summed E-state index contributed by atoms with van der Waals surface area (Å²) in [6.45, 7) is 4.34. The molecular formula is C17H17N7O. The van der Waals surface area contributed by atoms with E-state index < -0.39 is 0 Å². The molecule has 8 heteroatoms. The van der Waals surface area contributed by atoms with Crippen molar-refractivity contribution in [1.82, 2.24) is 25.0 Å². The molecule has 0 bridgehead atoms. The van der Waals surface area contributed by atoms with Crippen molar-refractivity contribution in [1.29, 1.82) is 0 Å². The fourth-order valence-electron chi connectivity index (χ4n) is 2.72. The van der Waals surface area contributed by atoms with Crippen LogP contribution in [-0.4, -0.2) is 25.0 Å². The number of fused-ring (bicyclic) bond motifs is 1. The summed E-state index contributed by atoms with van der Waals surface area (Å²) in [6.07, 6.45) is 0. The quantitative estimate of drug-likeness (QED) is 0.551. The summed E-state index contributed by atoms with van der Waals surface area (Å²) in [4.78, 5) is 8.57. The fourth-order valence-corrected chi connectivity index (χ4v) is 2.72. The average molecular weight is 335 g/mol. The van der Waals surface area contributed by atoms with Gasteiger partial charge in [0.25, 0.3) is 0 Å². The van der Waals surface area contributed by atoms with Crippen molar-refractivity contribution >= 4 is 22.8 Å². The number of nitrogens with two attached hydrogens (primary N) is 2. The highest BCUT2D eigenvalue weighted by Crippen LogP contribution is 2.27. The van der Waals surface area contributed by atoms with Crippen molar-refractivity contribution < 1.29 is 4.42 Å². The zero-order valence-corrected chi connectivity index (χ0v) is 13.9. The van der Waals surface area contributed by atoms with Crippen LogP contribution in [0.15, 0.2) is 34.7 Å². The van der Waals surface area contributed by atoms with E-state index in [4.69, 9.17) is 15.9 Å². The Morgan fingerprint density at radius 3 is 2.64 bits per heavy atom. The van der Waals surface area contributed by atoms with Crippen molar-refractivity contribution in [2.45, 2.75) is 20.4 Å². The summed E-state index contributed by atoms with van der Waals surface area (Å²) in [5.41, 5.74) is 16.2. The van der Waals surface area contributed by atoms with Gasteiger partial charge < -0.3 is 15.9 Å². The molecule has 4 N–H and O–H groups in total. The van der Waals surface area contributed by atoms with Crippen LogP contribution in [0.5, 0.6) is 0 Å². The average Bonchev–Trinajstić information content (AvgIpc) is 3.17. The minimum atomic E-state index is 0.147. The van der Waals surface area contributed by atoms with E-state index in [0.717, 1.165) is 22.6 Å². The number of anilines is 2. The lowest BCUT2D eigenvalue weighted by molar-refractivity contribution is 0.547. The normalized spacial score (nSPS) is 11.3. The summed E-state index contributed by atoms with van der Waals surface area (Å²) in [5.74, 6) is 1.52. The third-order valence-corrected chi connectivity index (χ3v) is 4.02. The van der Waals surface area contributed by atoms with Gasteiger partial charge in [-0.25, -0.2) is 9.67 Å². The molecule has 25 heavy (non-hydrogen) atoms. The highest BCUT2D eigenvalue weighted by molar-refractivity contribution is 5.86. The first kappa shape index (κ1) is 15.1. The van der Waals surface area contributed by atoms with Crippen molar-refractivity contribution in [2.75, 3.05) is 11.5 Å². The molecule has 0 saturated carbocycles. The Morgan fingerprint density at radius 1 is 1.08 bits per heavy atom. The van der Waals surface area contributed by atoms with Gasteiger partial charge in [-0.3, -0.25) is 0 Å². The number of hydrogen-bond acceptors (Lipinski definition) is 7. The van der Waals surface area contributed by atoms with Gasteiger partial charge in [-0.1, -0.05) is 17.3 Å². The van der Waals surface area contributed by atoms with Crippen LogP contribution in [0.3, 0.4) is 0 Å². The maximum atomic E-state index is 5.88. The van der Waals surface area contributed by atoms with Crippen molar-refractivity contribution in [3.63, 3.8) is 0 Å². The second kappa shape index (κ2) is 5.59. The van der Waals surface area contributed by atoms with E-state index in [9.17, 15) is 0 Å². The summed E-state index contributed by atoms with van der Waals surface area (Å²) in [7, 11) is 0. The maximum Gasteiger partial charge on any atom is 0.222 e. The Hall–Kier alpha value is -3.42. The number of rotatable bonds is 3. The highest BCUT2D eigenvalue weighted by atomic mass is 16.3. The van der Waals surface area contributed by atoms with Gasteiger partial charge >= 0.3 is 0 Å². The molecule has 0 aliphatic rings. The summed E-state index contributed by atoms with van der Waals surface area (Å²) < 4.78 is 7.34. The molecule has 0 amide bonds. The van der Waals surface area contributed by atoms with Crippen molar-refractivity contribution in [2.24, 2.45) is 0 Å². The number of hydrogen-bond donors (Lipinski definition) is 2. The van der Waals surface area contributed by atoms with Gasteiger partial charge in [0.2, 0.25) is 5.95 Å². The molecule has 0 radical (unpaired) electrons. The molecule has 4 aromatic rings. The Kier molecular flexibility index (Phi) is 3.38.